The number of fused-ring (bicyclic) bond motifs is 1. The van der Waals surface area contributed by atoms with Gasteiger partial charge in [-0.1, -0.05) is 0 Å². The molecule has 0 aliphatic rings. The number of ether oxygens (including phenoxy) is 1. The van der Waals surface area contributed by atoms with E-state index in [1.165, 1.54) is 19.2 Å². The van der Waals surface area contributed by atoms with E-state index in [0.717, 1.165) is 5.75 Å². The molecule has 1 heterocycles. The minimum atomic E-state index is 0.943. The van der Waals surface area contributed by atoms with Gasteiger partial charge in [0, 0.05) is 13.7 Å². The summed E-state index contributed by atoms with van der Waals surface area (Å²) in [5, 5.41) is 3.50. The first kappa shape index (κ1) is 9.27. The zero-order valence-corrected chi connectivity index (χ0v) is 10.4. The fourth-order valence-electron chi connectivity index (χ4n) is 1.31. The van der Waals surface area contributed by atoms with Crippen molar-refractivity contribution in [2.45, 2.75) is 6.92 Å². The summed E-state index contributed by atoms with van der Waals surface area (Å²) in [6, 6.07) is 4.17. The number of benzene rings is 1. The first-order chi connectivity index (χ1) is 6.22. The molecule has 0 radical (unpaired) electrons. The molecular weight excluding hydrogens is 295 g/mol. The summed E-state index contributed by atoms with van der Waals surface area (Å²) in [5.74, 6) is 0.943. The molecule has 0 bridgehead atoms. The third-order valence-electron chi connectivity index (χ3n) is 2.03. The highest BCUT2D eigenvalue weighted by Gasteiger charge is 2.05. The minimum Gasteiger partial charge on any atom is -0.497 e. The van der Waals surface area contributed by atoms with Crippen LogP contribution in [-0.4, -0.2) is 7.11 Å². The van der Waals surface area contributed by atoms with Crippen molar-refractivity contribution in [3.63, 3.8) is 0 Å². The normalized spacial score (nSPS) is 10.7. The van der Waals surface area contributed by atoms with Crippen LogP contribution < -0.4 is 4.74 Å². The molecule has 68 valence electrons. The van der Waals surface area contributed by atoms with Crippen LogP contribution in [0.25, 0.3) is 10.1 Å². The first-order valence-electron chi connectivity index (χ1n) is 3.93. The van der Waals surface area contributed by atoms with E-state index < -0.39 is 0 Å². The van der Waals surface area contributed by atoms with Crippen LogP contribution in [0.3, 0.4) is 0 Å². The number of halogens is 1. The molecule has 1 aromatic carbocycles. The third kappa shape index (κ3) is 1.55. The Morgan fingerprint density at radius 3 is 2.85 bits per heavy atom. The van der Waals surface area contributed by atoms with Crippen LogP contribution in [0.4, 0.5) is 0 Å². The fourth-order valence-corrected chi connectivity index (χ4v) is 3.23. The largest absolute Gasteiger partial charge is 0.497 e. The van der Waals surface area contributed by atoms with Gasteiger partial charge in [0.2, 0.25) is 0 Å². The summed E-state index contributed by atoms with van der Waals surface area (Å²) >= 11 is 4.15. The Balaban J connectivity index is 2.80. The SMILES string of the molecule is COc1cc(I)c2scc(C)c2c1. The Bertz CT molecular complexity index is 447. The molecule has 0 amide bonds. The molecule has 0 aliphatic carbocycles. The molecule has 0 spiro atoms. The molecule has 0 saturated carbocycles. The Morgan fingerprint density at radius 2 is 2.15 bits per heavy atom. The molecule has 1 aromatic heterocycles. The van der Waals surface area contributed by atoms with Crippen LogP contribution >= 0.6 is 33.9 Å². The van der Waals surface area contributed by atoms with Crippen molar-refractivity contribution >= 4 is 44.0 Å². The van der Waals surface area contributed by atoms with Crippen LogP contribution in [0.1, 0.15) is 5.56 Å². The molecule has 0 N–H and O–H groups in total. The smallest absolute Gasteiger partial charge is 0.120 e. The number of hydrogen-bond donors (Lipinski definition) is 0. The second-order valence-electron chi connectivity index (χ2n) is 2.90. The average molecular weight is 304 g/mol. The van der Waals surface area contributed by atoms with E-state index in [1.807, 2.05) is 0 Å². The van der Waals surface area contributed by atoms with Gasteiger partial charge in [0.05, 0.1) is 7.11 Å². The number of hydrogen-bond acceptors (Lipinski definition) is 2. The summed E-state index contributed by atoms with van der Waals surface area (Å²) in [6.45, 7) is 2.13. The van der Waals surface area contributed by atoms with Gasteiger partial charge in [-0.15, -0.1) is 11.3 Å². The summed E-state index contributed by atoms with van der Waals surface area (Å²) in [7, 11) is 1.71. The number of methoxy groups -OCH3 is 1. The average Bonchev–Trinajstić information content (AvgIpc) is 2.48. The molecule has 13 heavy (non-hydrogen) atoms. The second-order valence-corrected chi connectivity index (χ2v) is 4.95. The lowest BCUT2D eigenvalue weighted by atomic mass is 10.2. The molecule has 0 aliphatic heterocycles. The number of thiophene rings is 1. The van der Waals surface area contributed by atoms with Gasteiger partial charge in [-0.3, -0.25) is 0 Å². The summed E-state index contributed by atoms with van der Waals surface area (Å²) in [6.07, 6.45) is 0. The van der Waals surface area contributed by atoms with Gasteiger partial charge in [0.15, 0.2) is 0 Å². The van der Waals surface area contributed by atoms with Crippen molar-refractivity contribution in [3.8, 4) is 5.75 Å². The lowest BCUT2D eigenvalue weighted by molar-refractivity contribution is 0.415. The molecule has 2 rings (SSSR count). The van der Waals surface area contributed by atoms with Crippen LogP contribution in [0.2, 0.25) is 0 Å². The quantitative estimate of drug-likeness (QED) is 0.728. The van der Waals surface area contributed by atoms with Gasteiger partial charge in [0.1, 0.15) is 5.75 Å². The molecule has 3 heteroatoms. The highest BCUT2D eigenvalue weighted by atomic mass is 127. The van der Waals surface area contributed by atoms with Crippen LogP contribution in [-0.2, 0) is 0 Å². The molecule has 0 fully saturated rings. The van der Waals surface area contributed by atoms with Crippen molar-refractivity contribution < 1.29 is 4.74 Å². The Hall–Kier alpha value is -0.290. The van der Waals surface area contributed by atoms with Crippen molar-refractivity contribution in [1.82, 2.24) is 0 Å². The van der Waals surface area contributed by atoms with E-state index in [0.29, 0.717) is 0 Å². The van der Waals surface area contributed by atoms with Crippen molar-refractivity contribution in [1.29, 1.82) is 0 Å². The standard InChI is InChI=1S/C10H9IOS/c1-6-5-13-10-8(6)3-7(12-2)4-9(10)11/h3-5H,1-2H3. The molecular formula is C10H9IOS. The van der Waals surface area contributed by atoms with Crippen molar-refractivity contribution in [2.24, 2.45) is 0 Å². The van der Waals surface area contributed by atoms with E-state index in [2.05, 4.69) is 47.0 Å². The number of aryl methyl sites for hydroxylation is 1. The monoisotopic (exact) mass is 304 g/mol. The maximum Gasteiger partial charge on any atom is 0.120 e. The van der Waals surface area contributed by atoms with Gasteiger partial charge in [-0.05, 0) is 52.6 Å². The third-order valence-corrected chi connectivity index (χ3v) is 4.39. The minimum absolute atomic E-state index is 0.943. The zero-order chi connectivity index (χ0) is 9.42. The Morgan fingerprint density at radius 1 is 1.38 bits per heavy atom. The highest BCUT2D eigenvalue weighted by molar-refractivity contribution is 14.1. The summed E-state index contributed by atoms with van der Waals surface area (Å²) < 4.78 is 7.86. The lowest BCUT2D eigenvalue weighted by Crippen LogP contribution is -1.83. The summed E-state index contributed by atoms with van der Waals surface area (Å²) in [4.78, 5) is 0. The lowest BCUT2D eigenvalue weighted by Gasteiger charge is -2.01. The topological polar surface area (TPSA) is 9.23 Å². The second kappa shape index (κ2) is 3.46. The first-order valence-corrected chi connectivity index (χ1v) is 5.89. The fraction of sp³-hybridized carbons (Fsp3) is 0.200. The van der Waals surface area contributed by atoms with E-state index in [-0.39, 0.29) is 0 Å². The molecule has 2 aromatic rings. The Kier molecular flexibility index (Phi) is 2.47. The zero-order valence-electron chi connectivity index (χ0n) is 7.43. The predicted molar refractivity (Wildman–Crippen MR) is 65.8 cm³/mol. The van der Waals surface area contributed by atoms with Gasteiger partial charge < -0.3 is 4.74 Å². The molecule has 0 unspecified atom stereocenters. The van der Waals surface area contributed by atoms with E-state index in [4.69, 9.17) is 4.74 Å². The van der Waals surface area contributed by atoms with Crippen LogP contribution in [0, 0.1) is 10.5 Å². The van der Waals surface area contributed by atoms with E-state index >= 15 is 0 Å². The maximum absolute atomic E-state index is 5.23. The maximum atomic E-state index is 5.23. The predicted octanol–water partition coefficient (Wildman–Crippen LogP) is 3.82. The van der Waals surface area contributed by atoms with Gasteiger partial charge >= 0.3 is 0 Å². The van der Waals surface area contributed by atoms with Crippen LogP contribution in [0.5, 0.6) is 5.75 Å². The van der Waals surface area contributed by atoms with Crippen molar-refractivity contribution in [2.75, 3.05) is 7.11 Å². The number of rotatable bonds is 1. The van der Waals surface area contributed by atoms with E-state index in [9.17, 15) is 0 Å². The molecule has 0 saturated heterocycles. The molecule has 0 atom stereocenters. The highest BCUT2D eigenvalue weighted by Crippen LogP contribution is 2.33. The van der Waals surface area contributed by atoms with E-state index in [1.54, 1.807) is 18.4 Å². The van der Waals surface area contributed by atoms with Crippen LogP contribution in [0.15, 0.2) is 17.5 Å². The van der Waals surface area contributed by atoms with Gasteiger partial charge in [-0.2, -0.15) is 0 Å². The molecule has 1 nitrogen and oxygen atoms in total. The Labute approximate surface area is 94.9 Å². The summed E-state index contributed by atoms with van der Waals surface area (Å²) in [5.41, 5.74) is 1.33. The van der Waals surface area contributed by atoms with Gasteiger partial charge in [-0.25, -0.2) is 0 Å². The van der Waals surface area contributed by atoms with Crippen molar-refractivity contribution in [3.05, 3.63) is 26.6 Å². The van der Waals surface area contributed by atoms with Gasteiger partial charge in [0.25, 0.3) is 0 Å².